The summed E-state index contributed by atoms with van der Waals surface area (Å²) in [4.78, 5) is 18.4. The molecule has 20 heavy (non-hydrogen) atoms. The minimum Gasteiger partial charge on any atom is -0.409 e. The molecule has 1 rings (SSSR count). The van der Waals surface area contributed by atoms with Crippen molar-refractivity contribution in [2.75, 3.05) is 11.9 Å². The van der Waals surface area contributed by atoms with Crippen molar-refractivity contribution in [3.05, 3.63) is 22.7 Å². The molecule has 0 aliphatic carbocycles. The van der Waals surface area contributed by atoms with E-state index in [1.807, 2.05) is 27.7 Å². The molecule has 0 bridgehead atoms. The zero-order chi connectivity index (χ0) is 15.5. The smallest absolute Gasteiger partial charge is 0.293 e. The van der Waals surface area contributed by atoms with E-state index < -0.39 is 0 Å². The number of oxime groups is 1. The largest absolute Gasteiger partial charge is 0.409 e. The van der Waals surface area contributed by atoms with Crippen molar-refractivity contribution in [2.24, 2.45) is 10.9 Å². The molecule has 1 unspecified atom stereocenters. The highest BCUT2D eigenvalue weighted by atomic mass is 16.4. The lowest BCUT2D eigenvalue weighted by atomic mass is 10.1. The van der Waals surface area contributed by atoms with Crippen LogP contribution in [0.4, 0.5) is 5.82 Å². The van der Waals surface area contributed by atoms with E-state index in [1.54, 1.807) is 28.9 Å². The van der Waals surface area contributed by atoms with E-state index in [0.29, 0.717) is 12.2 Å². The van der Waals surface area contributed by atoms with Gasteiger partial charge in [-0.15, -0.1) is 0 Å². The number of aromatic nitrogens is 2. The van der Waals surface area contributed by atoms with Crippen molar-refractivity contribution in [1.29, 1.82) is 0 Å². The maximum Gasteiger partial charge on any atom is 0.293 e. The van der Waals surface area contributed by atoms with Crippen LogP contribution in [0.1, 0.15) is 34.1 Å². The third-order valence-corrected chi connectivity index (χ3v) is 3.17. The predicted octanol–water partition coefficient (Wildman–Crippen LogP) is 0.959. The van der Waals surface area contributed by atoms with Gasteiger partial charge in [0.1, 0.15) is 5.84 Å². The first-order chi connectivity index (χ1) is 9.18. The van der Waals surface area contributed by atoms with Gasteiger partial charge in [0.25, 0.3) is 5.56 Å². The van der Waals surface area contributed by atoms with Gasteiger partial charge in [-0.25, -0.2) is 4.98 Å². The molecule has 0 aliphatic heterocycles. The average Bonchev–Trinajstić information content (AvgIpc) is 2.36. The van der Waals surface area contributed by atoms with Crippen LogP contribution in [-0.4, -0.2) is 33.7 Å². The average molecular weight is 281 g/mol. The molecule has 7 heteroatoms. The lowest BCUT2D eigenvalue weighted by Gasteiger charge is -2.28. The zero-order valence-corrected chi connectivity index (χ0v) is 12.7. The molecule has 0 saturated carbocycles. The van der Waals surface area contributed by atoms with Gasteiger partial charge in [0.05, 0.1) is 0 Å². The number of anilines is 1. The van der Waals surface area contributed by atoms with Crippen molar-refractivity contribution in [3.8, 4) is 0 Å². The molecule has 0 radical (unpaired) electrons. The quantitative estimate of drug-likeness (QED) is 0.371. The summed E-state index contributed by atoms with van der Waals surface area (Å²) in [5, 5.41) is 11.6. The number of nitrogens with two attached hydrogens (primary N) is 1. The summed E-state index contributed by atoms with van der Waals surface area (Å²) in [7, 11) is 1.77. The number of rotatable bonds is 4. The van der Waals surface area contributed by atoms with Crippen LogP contribution in [0.25, 0.3) is 0 Å². The summed E-state index contributed by atoms with van der Waals surface area (Å²) in [6.45, 7) is 7.75. The number of hydrogen-bond donors (Lipinski definition) is 2. The Hall–Kier alpha value is -2.05. The fourth-order valence-corrected chi connectivity index (χ4v) is 1.86. The standard InChI is InChI=1S/C13H23N5O2/c1-9(8-10(14)16-20)17(5)11-12(19)18(7-6-15-11)13(2,3)4/h6-7,9,20H,8H2,1-5H3,(H2,14,16). The Labute approximate surface area is 118 Å². The maximum atomic E-state index is 12.5. The van der Waals surface area contributed by atoms with Gasteiger partial charge in [-0.1, -0.05) is 5.16 Å². The number of hydrogen-bond acceptors (Lipinski definition) is 5. The first-order valence-corrected chi connectivity index (χ1v) is 6.46. The molecule has 0 aromatic carbocycles. The molecule has 112 valence electrons. The van der Waals surface area contributed by atoms with Gasteiger partial charge in [0.15, 0.2) is 5.82 Å². The van der Waals surface area contributed by atoms with Crippen LogP contribution < -0.4 is 16.2 Å². The van der Waals surface area contributed by atoms with Gasteiger partial charge in [-0.05, 0) is 27.7 Å². The summed E-state index contributed by atoms with van der Waals surface area (Å²) in [5.41, 5.74) is 5.02. The fourth-order valence-electron chi connectivity index (χ4n) is 1.86. The fraction of sp³-hybridized carbons (Fsp3) is 0.615. The van der Waals surface area contributed by atoms with E-state index in [2.05, 4.69) is 10.1 Å². The summed E-state index contributed by atoms with van der Waals surface area (Å²) < 4.78 is 1.64. The lowest BCUT2D eigenvalue weighted by molar-refractivity contribution is 0.316. The van der Waals surface area contributed by atoms with Crippen molar-refractivity contribution in [2.45, 2.75) is 45.7 Å². The Balaban J connectivity index is 3.12. The van der Waals surface area contributed by atoms with E-state index in [1.165, 1.54) is 0 Å². The SMILES string of the molecule is CC(CC(N)=NO)N(C)c1nccn(C(C)(C)C)c1=O. The number of amidine groups is 1. The second kappa shape index (κ2) is 5.94. The summed E-state index contributed by atoms with van der Waals surface area (Å²) in [6.07, 6.45) is 3.63. The number of nitrogens with zero attached hydrogens (tertiary/aromatic N) is 4. The lowest BCUT2D eigenvalue weighted by Crippen LogP contribution is -2.41. The Kier molecular flexibility index (Phi) is 4.75. The molecule has 0 amide bonds. The molecule has 0 spiro atoms. The Morgan fingerprint density at radius 1 is 1.60 bits per heavy atom. The molecular weight excluding hydrogens is 258 g/mol. The van der Waals surface area contributed by atoms with Gasteiger partial charge in [0, 0.05) is 37.4 Å². The van der Waals surface area contributed by atoms with Gasteiger partial charge >= 0.3 is 0 Å². The third kappa shape index (κ3) is 3.49. The molecule has 3 N–H and O–H groups in total. The van der Waals surface area contributed by atoms with E-state index in [-0.39, 0.29) is 23.0 Å². The van der Waals surface area contributed by atoms with Crippen LogP contribution in [0.2, 0.25) is 0 Å². The normalized spacial score (nSPS) is 14.2. The molecule has 1 heterocycles. The Morgan fingerprint density at radius 3 is 2.70 bits per heavy atom. The second-order valence-corrected chi connectivity index (χ2v) is 5.85. The van der Waals surface area contributed by atoms with Crippen LogP contribution >= 0.6 is 0 Å². The van der Waals surface area contributed by atoms with Crippen molar-refractivity contribution < 1.29 is 5.21 Å². The van der Waals surface area contributed by atoms with Gasteiger partial charge in [-0.2, -0.15) is 0 Å². The van der Waals surface area contributed by atoms with Crippen LogP contribution in [-0.2, 0) is 5.54 Å². The zero-order valence-electron chi connectivity index (χ0n) is 12.7. The van der Waals surface area contributed by atoms with E-state index in [9.17, 15) is 4.79 Å². The maximum absolute atomic E-state index is 12.5. The van der Waals surface area contributed by atoms with Gasteiger partial charge in [-0.3, -0.25) is 4.79 Å². The second-order valence-electron chi connectivity index (χ2n) is 5.85. The minimum absolute atomic E-state index is 0.109. The molecular formula is C13H23N5O2. The first-order valence-electron chi connectivity index (χ1n) is 6.46. The molecule has 1 atom stereocenters. The Bertz CT molecular complexity index is 544. The van der Waals surface area contributed by atoms with Crippen LogP contribution in [0.3, 0.4) is 0 Å². The third-order valence-electron chi connectivity index (χ3n) is 3.17. The molecule has 7 nitrogen and oxygen atoms in total. The van der Waals surface area contributed by atoms with Crippen molar-refractivity contribution in [1.82, 2.24) is 9.55 Å². The van der Waals surface area contributed by atoms with E-state index >= 15 is 0 Å². The van der Waals surface area contributed by atoms with Crippen LogP contribution in [0.15, 0.2) is 22.3 Å². The van der Waals surface area contributed by atoms with Crippen molar-refractivity contribution >= 4 is 11.7 Å². The highest BCUT2D eigenvalue weighted by Crippen LogP contribution is 2.14. The highest BCUT2D eigenvalue weighted by Gasteiger charge is 2.21. The predicted molar refractivity (Wildman–Crippen MR) is 79.4 cm³/mol. The monoisotopic (exact) mass is 281 g/mol. The molecule has 1 aromatic heterocycles. The topological polar surface area (TPSA) is 96.7 Å². The van der Waals surface area contributed by atoms with E-state index in [0.717, 1.165) is 0 Å². The molecule has 0 saturated heterocycles. The van der Waals surface area contributed by atoms with Gasteiger partial charge in [0.2, 0.25) is 0 Å². The molecule has 0 fully saturated rings. The minimum atomic E-state index is -0.315. The van der Waals surface area contributed by atoms with Crippen molar-refractivity contribution in [3.63, 3.8) is 0 Å². The Morgan fingerprint density at radius 2 is 2.20 bits per heavy atom. The summed E-state index contributed by atoms with van der Waals surface area (Å²) in [5.74, 6) is 0.470. The van der Waals surface area contributed by atoms with Gasteiger partial charge < -0.3 is 20.4 Å². The molecule has 1 aromatic rings. The van der Waals surface area contributed by atoms with Crippen LogP contribution in [0, 0.1) is 0 Å². The van der Waals surface area contributed by atoms with E-state index in [4.69, 9.17) is 10.9 Å². The van der Waals surface area contributed by atoms with Crippen LogP contribution in [0.5, 0.6) is 0 Å². The molecule has 0 aliphatic rings. The summed E-state index contributed by atoms with van der Waals surface area (Å²) >= 11 is 0. The summed E-state index contributed by atoms with van der Waals surface area (Å²) in [6, 6.07) is -0.109. The highest BCUT2D eigenvalue weighted by molar-refractivity contribution is 5.80. The first kappa shape index (κ1) is 16.0.